The minimum Gasteiger partial charge on any atom is -0.478 e. The van der Waals surface area contributed by atoms with Crippen molar-refractivity contribution in [3.8, 4) is 5.69 Å². The molecule has 11 heteroatoms. The first kappa shape index (κ1) is 14.3. The molecule has 0 spiro atoms. The van der Waals surface area contributed by atoms with E-state index in [1.165, 1.54) is 27.8 Å². The minimum absolute atomic E-state index is 0.170. The second-order valence-corrected chi connectivity index (χ2v) is 4.51. The van der Waals surface area contributed by atoms with Crippen molar-refractivity contribution in [2.45, 2.75) is 6.54 Å². The maximum absolute atomic E-state index is 10.8. The normalized spacial score (nSPS) is 10.6. The summed E-state index contributed by atoms with van der Waals surface area (Å²) in [5, 5.41) is 30.9. The summed E-state index contributed by atoms with van der Waals surface area (Å²) >= 11 is 0. The number of rotatable bonds is 5. The van der Waals surface area contributed by atoms with Crippen LogP contribution in [0.25, 0.3) is 5.69 Å². The van der Waals surface area contributed by atoms with E-state index in [-0.39, 0.29) is 12.1 Å². The Kier molecular flexibility index (Phi) is 3.51. The van der Waals surface area contributed by atoms with Crippen LogP contribution in [0.3, 0.4) is 0 Å². The van der Waals surface area contributed by atoms with Gasteiger partial charge in [0, 0.05) is 5.10 Å². The first-order chi connectivity index (χ1) is 11.0. The summed E-state index contributed by atoms with van der Waals surface area (Å²) in [6, 6.07) is 6.12. The second-order valence-electron chi connectivity index (χ2n) is 4.51. The van der Waals surface area contributed by atoms with E-state index in [9.17, 15) is 14.9 Å². The van der Waals surface area contributed by atoms with Crippen molar-refractivity contribution in [3.05, 3.63) is 58.2 Å². The third-order valence-electron chi connectivity index (χ3n) is 2.93. The Labute approximate surface area is 128 Å². The molecular formula is C12H9N7O4. The summed E-state index contributed by atoms with van der Waals surface area (Å²) in [5.41, 5.74) is 1.33. The SMILES string of the molecule is O=C(O)c1ccc(-n2cc(Cn3cnc([N+](=O)[O-])n3)nn2)cc1. The predicted octanol–water partition coefficient (Wildman–Crippen LogP) is 0.513. The highest BCUT2D eigenvalue weighted by atomic mass is 16.6. The molecule has 0 unspecified atom stereocenters. The molecule has 2 aromatic heterocycles. The lowest BCUT2D eigenvalue weighted by Crippen LogP contribution is -2.01. The van der Waals surface area contributed by atoms with Crippen LogP contribution >= 0.6 is 0 Å². The van der Waals surface area contributed by atoms with Gasteiger partial charge in [-0.2, -0.15) is 4.68 Å². The Morgan fingerprint density at radius 2 is 2.04 bits per heavy atom. The molecule has 2 heterocycles. The molecule has 0 atom stereocenters. The van der Waals surface area contributed by atoms with Gasteiger partial charge in [-0.05, 0) is 29.2 Å². The van der Waals surface area contributed by atoms with Crippen molar-refractivity contribution in [3.63, 3.8) is 0 Å². The number of benzene rings is 1. The molecule has 0 radical (unpaired) electrons. The molecule has 3 aromatic rings. The zero-order valence-corrected chi connectivity index (χ0v) is 11.5. The Bertz CT molecular complexity index is 868. The van der Waals surface area contributed by atoms with E-state index in [1.807, 2.05) is 0 Å². The second kappa shape index (κ2) is 5.63. The fraction of sp³-hybridized carbons (Fsp3) is 0.0833. The van der Waals surface area contributed by atoms with Crippen LogP contribution in [0.15, 0.2) is 36.8 Å². The number of nitro groups is 1. The maximum Gasteiger partial charge on any atom is 0.490 e. The molecule has 0 fully saturated rings. The van der Waals surface area contributed by atoms with Gasteiger partial charge in [0.05, 0.1) is 17.4 Å². The smallest absolute Gasteiger partial charge is 0.478 e. The van der Waals surface area contributed by atoms with E-state index in [4.69, 9.17) is 5.11 Å². The predicted molar refractivity (Wildman–Crippen MR) is 74.1 cm³/mol. The Hall–Kier alpha value is -3.63. The van der Waals surface area contributed by atoms with Gasteiger partial charge in [-0.15, -0.1) is 5.10 Å². The van der Waals surface area contributed by atoms with Crippen molar-refractivity contribution in [2.24, 2.45) is 0 Å². The van der Waals surface area contributed by atoms with E-state index < -0.39 is 16.8 Å². The first-order valence-electron chi connectivity index (χ1n) is 6.32. The van der Waals surface area contributed by atoms with Gasteiger partial charge in [-0.25, -0.2) is 9.48 Å². The van der Waals surface area contributed by atoms with Crippen LogP contribution in [-0.2, 0) is 6.54 Å². The van der Waals surface area contributed by atoms with Gasteiger partial charge in [0.15, 0.2) is 0 Å². The number of hydrogen-bond acceptors (Lipinski definition) is 7. The van der Waals surface area contributed by atoms with Crippen molar-refractivity contribution < 1.29 is 14.8 Å². The van der Waals surface area contributed by atoms with Crippen molar-refractivity contribution >= 4 is 11.9 Å². The summed E-state index contributed by atoms with van der Waals surface area (Å²) in [6.45, 7) is 0.175. The average molecular weight is 315 g/mol. The van der Waals surface area contributed by atoms with E-state index in [1.54, 1.807) is 18.3 Å². The van der Waals surface area contributed by atoms with E-state index in [2.05, 4.69) is 20.4 Å². The van der Waals surface area contributed by atoms with Gasteiger partial charge >= 0.3 is 11.9 Å². The summed E-state index contributed by atoms with van der Waals surface area (Å²) in [6.07, 6.45) is 2.85. The van der Waals surface area contributed by atoms with Gasteiger partial charge in [-0.1, -0.05) is 10.2 Å². The maximum atomic E-state index is 10.8. The molecule has 0 amide bonds. The fourth-order valence-corrected chi connectivity index (χ4v) is 1.86. The van der Waals surface area contributed by atoms with Crippen molar-refractivity contribution in [2.75, 3.05) is 0 Å². The molecule has 3 rings (SSSR count). The topological polar surface area (TPSA) is 142 Å². The lowest BCUT2D eigenvalue weighted by atomic mass is 10.2. The Morgan fingerprint density at radius 3 is 2.65 bits per heavy atom. The quantitative estimate of drug-likeness (QED) is 0.530. The Morgan fingerprint density at radius 1 is 1.30 bits per heavy atom. The van der Waals surface area contributed by atoms with Crippen LogP contribution < -0.4 is 0 Å². The molecule has 0 aliphatic carbocycles. The number of hydrogen-bond donors (Lipinski definition) is 1. The monoisotopic (exact) mass is 315 g/mol. The van der Waals surface area contributed by atoms with E-state index in [0.29, 0.717) is 11.4 Å². The summed E-state index contributed by atoms with van der Waals surface area (Å²) in [4.78, 5) is 24.2. The van der Waals surface area contributed by atoms with Crippen LogP contribution in [-0.4, -0.2) is 45.8 Å². The number of aromatic carboxylic acids is 1. The molecule has 0 bridgehead atoms. The summed E-state index contributed by atoms with van der Waals surface area (Å²) in [5.74, 6) is -1.50. The number of aromatic nitrogens is 6. The third-order valence-corrected chi connectivity index (χ3v) is 2.93. The zero-order valence-electron chi connectivity index (χ0n) is 11.5. The lowest BCUT2D eigenvalue weighted by Gasteiger charge is -2.00. The van der Waals surface area contributed by atoms with Crippen LogP contribution in [0.1, 0.15) is 16.1 Å². The molecule has 0 aliphatic heterocycles. The molecule has 1 aromatic carbocycles. The third kappa shape index (κ3) is 3.02. The highest BCUT2D eigenvalue weighted by Crippen LogP contribution is 2.10. The molecule has 0 saturated carbocycles. The molecule has 23 heavy (non-hydrogen) atoms. The van der Waals surface area contributed by atoms with E-state index in [0.717, 1.165) is 0 Å². The number of nitrogens with zero attached hydrogens (tertiary/aromatic N) is 7. The molecular weight excluding hydrogens is 306 g/mol. The molecule has 11 nitrogen and oxygen atoms in total. The van der Waals surface area contributed by atoms with Crippen molar-refractivity contribution in [1.82, 2.24) is 29.8 Å². The number of carboxylic acids is 1. The average Bonchev–Trinajstić information content (AvgIpc) is 3.17. The highest BCUT2D eigenvalue weighted by molar-refractivity contribution is 5.87. The zero-order chi connectivity index (χ0) is 16.4. The van der Waals surface area contributed by atoms with Gasteiger partial charge in [0.25, 0.3) is 0 Å². The summed E-state index contributed by atoms with van der Waals surface area (Å²) < 4.78 is 2.74. The largest absolute Gasteiger partial charge is 0.490 e. The highest BCUT2D eigenvalue weighted by Gasteiger charge is 2.14. The van der Waals surface area contributed by atoms with Crippen molar-refractivity contribution in [1.29, 1.82) is 0 Å². The fourth-order valence-electron chi connectivity index (χ4n) is 1.86. The molecule has 1 N–H and O–H groups in total. The van der Waals surface area contributed by atoms with Gasteiger partial charge < -0.3 is 15.2 Å². The van der Waals surface area contributed by atoms with Crippen LogP contribution in [0.5, 0.6) is 0 Å². The molecule has 0 aliphatic rings. The first-order valence-corrected chi connectivity index (χ1v) is 6.32. The van der Waals surface area contributed by atoms with Crippen LogP contribution in [0.4, 0.5) is 5.95 Å². The minimum atomic E-state index is -1.01. The van der Waals surface area contributed by atoms with Gasteiger partial charge in [0.2, 0.25) is 6.33 Å². The van der Waals surface area contributed by atoms with Gasteiger partial charge in [0.1, 0.15) is 12.2 Å². The lowest BCUT2D eigenvalue weighted by molar-refractivity contribution is -0.394. The number of carboxylic acid groups (broad SMARTS) is 1. The van der Waals surface area contributed by atoms with E-state index >= 15 is 0 Å². The van der Waals surface area contributed by atoms with Crippen LogP contribution in [0.2, 0.25) is 0 Å². The summed E-state index contributed by atoms with van der Waals surface area (Å²) in [7, 11) is 0. The van der Waals surface area contributed by atoms with Gasteiger partial charge in [-0.3, -0.25) is 0 Å². The molecule has 116 valence electrons. The Balaban J connectivity index is 1.76. The number of carbonyl (C=O) groups is 1. The molecule has 0 saturated heterocycles. The standard InChI is InChI=1S/C12H9N7O4/c20-11(21)8-1-3-10(4-2-8)18-6-9(14-16-18)5-17-7-13-12(15-17)19(22)23/h1-4,6-7H,5H2,(H,20,21). The van der Waals surface area contributed by atoms with Crippen LogP contribution in [0, 0.1) is 10.1 Å².